The summed E-state index contributed by atoms with van der Waals surface area (Å²) in [4.78, 5) is 38.7. The van der Waals surface area contributed by atoms with Gasteiger partial charge in [-0.3, -0.25) is 19.8 Å². The van der Waals surface area contributed by atoms with Crippen LogP contribution in [-0.2, 0) is 9.59 Å². The molecule has 7 nitrogen and oxygen atoms in total. The first-order valence-electron chi connectivity index (χ1n) is 10.7. The fourth-order valence-electron chi connectivity index (χ4n) is 3.54. The Morgan fingerprint density at radius 3 is 2.26 bits per heavy atom. The van der Waals surface area contributed by atoms with E-state index in [1.807, 2.05) is 45.0 Å². The molecule has 0 atom stereocenters. The van der Waals surface area contributed by atoms with Gasteiger partial charge in [0.2, 0.25) is 0 Å². The lowest BCUT2D eigenvalue weighted by atomic mass is 10.1. The molecule has 0 fully saturated rings. The minimum absolute atomic E-state index is 0.165. The molecule has 9 heteroatoms. The van der Waals surface area contributed by atoms with Crippen molar-refractivity contribution in [1.82, 2.24) is 4.68 Å². The molecular weight excluding hydrogens is 576 g/mol. The number of hydrogen-bond donors (Lipinski definition) is 3. The number of benzene rings is 3. The molecule has 0 aliphatic rings. The Hall–Kier alpha value is -3.43. The van der Waals surface area contributed by atoms with Gasteiger partial charge in [-0.15, -0.1) is 0 Å². The van der Waals surface area contributed by atoms with Gasteiger partial charge in [0.25, 0.3) is 5.91 Å². The summed E-state index contributed by atoms with van der Waals surface area (Å²) in [5.41, 5.74) is 7.49. The number of carbonyl (C=O) groups excluding carboxylic acids is 3. The van der Waals surface area contributed by atoms with E-state index in [4.69, 9.17) is 0 Å². The normalized spacial score (nSPS) is 10.8. The lowest BCUT2D eigenvalue weighted by Crippen LogP contribution is -2.36. The molecule has 1 heterocycles. The maximum atomic E-state index is 13.2. The summed E-state index contributed by atoms with van der Waals surface area (Å²) < 4.78 is 2.86. The SMILES string of the molecule is Cc1ccc(NC(=O)c2cc3cc(Br)ccc3n2NC(=O)C(=O)Nc2ccc(C)c(C)c2)c(Br)c1. The molecule has 178 valence electrons. The van der Waals surface area contributed by atoms with Crippen LogP contribution in [0, 0.1) is 20.8 Å². The first-order valence-corrected chi connectivity index (χ1v) is 12.3. The molecule has 0 saturated heterocycles. The zero-order valence-corrected chi connectivity index (χ0v) is 22.4. The fourth-order valence-corrected chi connectivity index (χ4v) is 4.51. The zero-order valence-electron chi connectivity index (χ0n) is 19.2. The molecule has 0 spiro atoms. The molecule has 0 aliphatic carbocycles. The smallest absolute Gasteiger partial charge is 0.320 e. The second-order valence-corrected chi connectivity index (χ2v) is 9.97. The van der Waals surface area contributed by atoms with Crippen LogP contribution in [0.25, 0.3) is 10.9 Å². The van der Waals surface area contributed by atoms with Gasteiger partial charge in [0.05, 0.1) is 11.2 Å². The van der Waals surface area contributed by atoms with Gasteiger partial charge >= 0.3 is 11.8 Å². The summed E-state index contributed by atoms with van der Waals surface area (Å²) in [5.74, 6) is -2.20. The number of hydrogen-bond acceptors (Lipinski definition) is 3. The molecular formula is C26H22Br2N4O3. The van der Waals surface area contributed by atoms with E-state index in [0.29, 0.717) is 22.3 Å². The molecule has 3 aromatic carbocycles. The zero-order chi connectivity index (χ0) is 25.3. The van der Waals surface area contributed by atoms with Crippen LogP contribution >= 0.6 is 31.9 Å². The standard InChI is InChI=1S/C26H22Br2N4O3/c1-14-4-8-21(20(28)10-14)30-24(33)23-13-17-12-18(27)6-9-22(17)32(23)31-26(35)25(34)29-19-7-5-15(2)16(3)11-19/h4-13H,1-3H3,(H,29,34)(H,30,33)(H,31,35). The van der Waals surface area contributed by atoms with Gasteiger partial charge in [-0.05, 0) is 102 Å². The number of amides is 3. The van der Waals surface area contributed by atoms with E-state index in [-0.39, 0.29) is 5.69 Å². The van der Waals surface area contributed by atoms with Gasteiger partial charge < -0.3 is 10.6 Å². The van der Waals surface area contributed by atoms with Crippen LogP contribution in [0.15, 0.2) is 69.6 Å². The lowest BCUT2D eigenvalue weighted by Gasteiger charge is -2.14. The molecule has 0 bridgehead atoms. The van der Waals surface area contributed by atoms with Crippen LogP contribution in [0.4, 0.5) is 11.4 Å². The number of carbonyl (C=O) groups is 3. The van der Waals surface area contributed by atoms with E-state index >= 15 is 0 Å². The minimum Gasteiger partial charge on any atom is -0.320 e. The monoisotopic (exact) mass is 596 g/mol. The molecule has 3 N–H and O–H groups in total. The van der Waals surface area contributed by atoms with Gasteiger partial charge in [0, 0.05) is 20.0 Å². The Morgan fingerprint density at radius 1 is 0.771 bits per heavy atom. The number of aromatic nitrogens is 1. The molecule has 1 aromatic heterocycles. The predicted molar refractivity (Wildman–Crippen MR) is 145 cm³/mol. The Balaban J connectivity index is 1.63. The summed E-state index contributed by atoms with van der Waals surface area (Å²) in [6, 6.07) is 18.0. The number of aryl methyl sites for hydroxylation is 3. The predicted octanol–water partition coefficient (Wildman–Crippen LogP) is 6.05. The molecule has 0 radical (unpaired) electrons. The number of fused-ring (bicyclic) bond motifs is 1. The molecule has 0 saturated carbocycles. The fraction of sp³-hybridized carbons (Fsp3) is 0.115. The van der Waals surface area contributed by atoms with Gasteiger partial charge in [-0.2, -0.15) is 0 Å². The van der Waals surface area contributed by atoms with Crippen LogP contribution in [-0.4, -0.2) is 22.4 Å². The van der Waals surface area contributed by atoms with E-state index in [2.05, 4.69) is 47.9 Å². The van der Waals surface area contributed by atoms with E-state index in [9.17, 15) is 14.4 Å². The van der Waals surface area contributed by atoms with Gasteiger partial charge in [0.15, 0.2) is 0 Å². The number of rotatable bonds is 4. The van der Waals surface area contributed by atoms with Crippen molar-refractivity contribution >= 4 is 71.9 Å². The summed E-state index contributed by atoms with van der Waals surface area (Å²) in [5, 5.41) is 6.17. The van der Waals surface area contributed by atoms with Crippen LogP contribution in [0.5, 0.6) is 0 Å². The Labute approximate surface area is 219 Å². The maximum absolute atomic E-state index is 13.2. The second-order valence-electron chi connectivity index (χ2n) is 8.20. The number of nitrogens with zero attached hydrogens (tertiary/aromatic N) is 1. The minimum atomic E-state index is -0.908. The third-order valence-corrected chi connectivity index (χ3v) is 6.70. The number of halogens is 2. The highest BCUT2D eigenvalue weighted by atomic mass is 79.9. The number of anilines is 2. The van der Waals surface area contributed by atoms with Crippen molar-refractivity contribution in [1.29, 1.82) is 0 Å². The quantitative estimate of drug-likeness (QED) is 0.250. The van der Waals surface area contributed by atoms with Crippen LogP contribution in [0.2, 0.25) is 0 Å². The van der Waals surface area contributed by atoms with E-state index in [1.54, 1.807) is 36.4 Å². The van der Waals surface area contributed by atoms with Crippen LogP contribution in [0.1, 0.15) is 27.2 Å². The van der Waals surface area contributed by atoms with Crippen LogP contribution < -0.4 is 16.1 Å². The molecule has 0 unspecified atom stereocenters. The maximum Gasteiger partial charge on any atom is 0.328 e. The average Bonchev–Trinajstić information content (AvgIpc) is 3.15. The van der Waals surface area contributed by atoms with E-state index in [1.165, 1.54) is 4.68 Å². The lowest BCUT2D eigenvalue weighted by molar-refractivity contribution is -0.133. The number of nitrogens with one attached hydrogen (secondary N) is 3. The first-order chi connectivity index (χ1) is 16.6. The third kappa shape index (κ3) is 5.47. The third-order valence-electron chi connectivity index (χ3n) is 5.55. The molecule has 4 rings (SSSR count). The highest BCUT2D eigenvalue weighted by Gasteiger charge is 2.22. The molecule has 4 aromatic rings. The Bertz CT molecular complexity index is 1490. The first kappa shape index (κ1) is 24.7. The Kier molecular flexibility index (Phi) is 7.09. The van der Waals surface area contributed by atoms with Gasteiger partial charge in [-0.1, -0.05) is 28.1 Å². The molecule has 3 amide bonds. The van der Waals surface area contributed by atoms with Gasteiger partial charge in [0.1, 0.15) is 5.69 Å². The van der Waals surface area contributed by atoms with E-state index in [0.717, 1.165) is 25.6 Å². The Morgan fingerprint density at radius 2 is 1.54 bits per heavy atom. The van der Waals surface area contributed by atoms with Crippen LogP contribution in [0.3, 0.4) is 0 Å². The molecule has 35 heavy (non-hydrogen) atoms. The highest BCUT2D eigenvalue weighted by Crippen LogP contribution is 2.27. The van der Waals surface area contributed by atoms with Crippen molar-refractivity contribution in [2.24, 2.45) is 0 Å². The topological polar surface area (TPSA) is 92.2 Å². The van der Waals surface area contributed by atoms with Crippen molar-refractivity contribution in [2.75, 3.05) is 16.1 Å². The summed E-state index contributed by atoms with van der Waals surface area (Å²) in [6.07, 6.45) is 0. The summed E-state index contributed by atoms with van der Waals surface area (Å²) in [7, 11) is 0. The van der Waals surface area contributed by atoms with Crippen molar-refractivity contribution in [2.45, 2.75) is 20.8 Å². The van der Waals surface area contributed by atoms with Crippen molar-refractivity contribution in [3.05, 3.63) is 92.0 Å². The van der Waals surface area contributed by atoms with Crippen molar-refractivity contribution < 1.29 is 14.4 Å². The summed E-state index contributed by atoms with van der Waals surface area (Å²) >= 11 is 6.89. The van der Waals surface area contributed by atoms with Crippen molar-refractivity contribution in [3.8, 4) is 0 Å². The van der Waals surface area contributed by atoms with Gasteiger partial charge in [-0.25, -0.2) is 4.68 Å². The summed E-state index contributed by atoms with van der Waals surface area (Å²) in [6.45, 7) is 5.84. The highest BCUT2D eigenvalue weighted by molar-refractivity contribution is 9.10. The average molecular weight is 598 g/mol. The molecule has 0 aliphatic heterocycles. The largest absolute Gasteiger partial charge is 0.328 e. The van der Waals surface area contributed by atoms with Crippen molar-refractivity contribution in [3.63, 3.8) is 0 Å². The van der Waals surface area contributed by atoms with E-state index < -0.39 is 17.7 Å². The second kappa shape index (κ2) is 10.1.